The number of carbonyl (C=O) groups is 5. The Bertz CT molecular complexity index is 5100. The Labute approximate surface area is 676 Å². The third-order valence-corrected chi connectivity index (χ3v) is 19.9. The van der Waals surface area contributed by atoms with Crippen molar-refractivity contribution < 1.29 is 101 Å². The molecular weight excluding hydrogens is 1650 g/mol. The zero-order valence-electron chi connectivity index (χ0n) is 60.1. The Morgan fingerprint density at radius 2 is 0.787 bits per heavy atom. The number of hydrogen-bond donors (Lipinski definition) is 12. The molecule has 0 atom stereocenters. The van der Waals surface area contributed by atoms with E-state index < -0.39 is 50.9 Å². The van der Waals surface area contributed by atoms with Crippen LogP contribution in [0.4, 0.5) is 52.0 Å². The molecule has 8 aromatic carbocycles. The first-order chi connectivity index (χ1) is 50.3. The van der Waals surface area contributed by atoms with Gasteiger partial charge in [0, 0.05) is 108 Å². The zero-order valence-corrected chi connectivity index (χ0v) is 65.2. The van der Waals surface area contributed by atoms with Gasteiger partial charge < -0.3 is 74.4 Å². The molecule has 0 spiro atoms. The SMILES string of the molecule is CNc1ncc2cc(-c3c(C)ccc(C(=O)O)c3N)ccc2n1.CNc1ncc2cc(-c3c(C)ccc(C(N)=O)c3N)ccc2n1.CNc1ncc2cc(B3OC(C)(C)C(C)(C)O3)ccc2n1.Cc1ccc(C(=O)O)c(N)c1I.Cc1ccc(C(=O)O)c([N+](=O)[O-])c1I.Cc1ccc(C(=O)O)c([N+](=O)[O-])c1N.[Ar]. The third-order valence-electron chi connectivity index (χ3n) is 17.1. The van der Waals surface area contributed by atoms with Crippen molar-refractivity contribution in [2.45, 2.75) is 73.5 Å². The molecule has 1 saturated heterocycles. The van der Waals surface area contributed by atoms with Gasteiger partial charge in [-0.15, -0.1) is 0 Å². The number of fused-ring (bicyclic) bond motifs is 3. The van der Waals surface area contributed by atoms with E-state index in [1.54, 1.807) is 94.2 Å². The number of nitrogen functional groups attached to an aromatic ring is 4. The van der Waals surface area contributed by atoms with Crippen LogP contribution in [0, 0.1) is 99.7 Å². The number of aromatic nitrogens is 6. The molecule has 31 nitrogen and oxygen atoms in total. The van der Waals surface area contributed by atoms with Gasteiger partial charge in [0.25, 0.3) is 11.6 Å². The monoisotopic (exact) mass is 1720 g/mol. The van der Waals surface area contributed by atoms with E-state index in [9.17, 15) is 49.3 Å². The van der Waals surface area contributed by atoms with Crippen LogP contribution in [0.25, 0.3) is 55.0 Å². The molecular formula is C73H75ArBI2N16O15. The van der Waals surface area contributed by atoms with Gasteiger partial charge in [-0.3, -0.25) is 25.0 Å². The standard InChI is InChI=1S/C17H17N5O.C17H16N4O2.C15H20BN3O2.C8H6INO4.C8H8INO2.C8H8N2O4.Ar/c1-9-3-5-12(16(19)23)15(18)14(9)10-4-6-13-11(7-10)8-21-17(20-2)22-13;1-9-3-5-12(16(22)23)15(18)14(9)10-4-6-13-11(7-10)8-20-17(19-2)21-13;1-14(2)15(3,4)21-16(20-14)11-6-7-12-10(8-11)9-18-13(17-5)19-12;1-4-2-3-5(8(11)12)7(6(4)9)10(13)14;1-4-2-3-5(8(11)12)7(10)6(4)9;1-4-2-3-5(8(11)12)7(6(4)9)10(13)14;/h3-8H,18H2,1-2H3,(H2,19,23)(H,20,21,22);3-8H,18H2,1-2H3,(H,22,23)(H,19,20,21);6-9H,1-5H3,(H,17,18,19);2-3H,1H3,(H,11,12);2-3H,10H2,1H3,(H,11,12);2-3H,9H2,1H3,(H,11,12);. The number of carbonyl (C=O) groups excluding carboxylic acids is 1. The van der Waals surface area contributed by atoms with Gasteiger partial charge in [0.15, 0.2) is 0 Å². The molecule has 0 aliphatic carbocycles. The molecule has 0 radical (unpaired) electrons. The molecule has 11 aromatic rings. The number of amides is 1. The van der Waals surface area contributed by atoms with E-state index in [1.165, 1.54) is 30.3 Å². The summed E-state index contributed by atoms with van der Waals surface area (Å²) in [5, 5.41) is 68.0. The Balaban J connectivity index is 0.000000206. The molecule has 0 bridgehead atoms. The van der Waals surface area contributed by atoms with Crippen molar-refractivity contribution in [2.24, 2.45) is 5.73 Å². The van der Waals surface area contributed by atoms with Gasteiger partial charge >= 0.3 is 36.7 Å². The number of nitro benzene ring substituents is 2. The number of nitrogens with zero attached hydrogens (tertiary/aromatic N) is 8. The number of primary amides is 1. The Morgan fingerprint density at radius 3 is 1.18 bits per heavy atom. The fraction of sp³-hybridized carbons (Fsp3) is 0.192. The third kappa shape index (κ3) is 20.1. The molecule has 1 aliphatic heterocycles. The molecule has 1 amide bonds. The summed E-state index contributed by atoms with van der Waals surface area (Å²) in [4.78, 5) is 100. The Morgan fingerprint density at radius 1 is 0.454 bits per heavy atom. The number of anilines is 7. The number of aromatic carboxylic acids is 4. The molecule has 4 heterocycles. The number of nitro groups is 2. The Kier molecular flexibility index (Phi) is 29.3. The molecule has 562 valence electrons. The molecule has 1 aliphatic rings. The van der Waals surface area contributed by atoms with Crippen molar-refractivity contribution in [3.63, 3.8) is 0 Å². The van der Waals surface area contributed by atoms with Gasteiger partial charge in [0.1, 0.15) is 16.8 Å². The summed E-state index contributed by atoms with van der Waals surface area (Å²) in [7, 11) is 4.98. The second-order valence-electron chi connectivity index (χ2n) is 24.8. The van der Waals surface area contributed by atoms with Crippen molar-refractivity contribution in [1.82, 2.24) is 29.9 Å². The van der Waals surface area contributed by atoms with Crippen LogP contribution in [0.5, 0.6) is 0 Å². The molecule has 1 fully saturated rings. The average Bonchev–Trinajstić information content (AvgIpc) is 1.30. The molecule has 12 rings (SSSR count). The van der Waals surface area contributed by atoms with Gasteiger partial charge in [-0.2, -0.15) is 0 Å². The molecule has 3 aromatic heterocycles. The maximum atomic E-state index is 11.5. The first-order valence-electron chi connectivity index (χ1n) is 32.0. The zero-order chi connectivity index (χ0) is 79.4. The maximum Gasteiger partial charge on any atom is 0.494 e. The summed E-state index contributed by atoms with van der Waals surface area (Å²) in [6.45, 7) is 17.2. The smallest absolute Gasteiger partial charge is 0.478 e. The number of carboxylic acid groups (broad SMARTS) is 4. The molecule has 17 N–H and O–H groups in total. The minimum absolute atomic E-state index is 0. The van der Waals surface area contributed by atoms with E-state index in [2.05, 4.69) is 73.5 Å². The predicted octanol–water partition coefficient (Wildman–Crippen LogP) is 12.5. The predicted molar refractivity (Wildman–Crippen MR) is 430 cm³/mol. The summed E-state index contributed by atoms with van der Waals surface area (Å²) in [6.07, 6.45) is 5.29. The van der Waals surface area contributed by atoms with Crippen LogP contribution in [-0.4, -0.2) is 129 Å². The van der Waals surface area contributed by atoms with Crippen LogP contribution in [-0.2, 0) is 9.31 Å². The number of hydrogen-bond acceptors (Lipinski definition) is 24. The largest absolute Gasteiger partial charge is 0.494 e. The summed E-state index contributed by atoms with van der Waals surface area (Å²) in [5.74, 6) is -3.46. The van der Waals surface area contributed by atoms with Gasteiger partial charge in [-0.25, -0.2) is 49.1 Å². The van der Waals surface area contributed by atoms with E-state index >= 15 is 0 Å². The number of benzene rings is 8. The van der Waals surface area contributed by atoms with E-state index in [0.29, 0.717) is 49.5 Å². The minimum Gasteiger partial charge on any atom is -0.478 e. The van der Waals surface area contributed by atoms with Gasteiger partial charge in [-0.05, 0) is 213 Å². The van der Waals surface area contributed by atoms with Crippen LogP contribution < -0.4 is 50.1 Å². The topological polar surface area (TPSA) is 515 Å². The van der Waals surface area contributed by atoms with E-state index in [1.807, 2.05) is 110 Å². The van der Waals surface area contributed by atoms with Crippen LogP contribution in [0.15, 0.2) is 134 Å². The van der Waals surface area contributed by atoms with Crippen LogP contribution >= 0.6 is 45.2 Å². The van der Waals surface area contributed by atoms with Gasteiger partial charge in [-0.1, -0.05) is 54.6 Å². The quantitative estimate of drug-likeness (QED) is 0.0168. The summed E-state index contributed by atoms with van der Waals surface area (Å²) >= 11 is 3.81. The van der Waals surface area contributed by atoms with Gasteiger partial charge in [0.2, 0.25) is 17.8 Å². The van der Waals surface area contributed by atoms with Crippen LogP contribution in [0.1, 0.15) is 107 Å². The van der Waals surface area contributed by atoms with Crippen molar-refractivity contribution in [3.05, 3.63) is 217 Å². The summed E-state index contributed by atoms with van der Waals surface area (Å²) in [5.41, 5.74) is 38.8. The fourth-order valence-corrected chi connectivity index (χ4v) is 11.7. The van der Waals surface area contributed by atoms with E-state index in [0.717, 1.165) is 80.7 Å². The summed E-state index contributed by atoms with van der Waals surface area (Å²) < 4.78 is 13.3. The summed E-state index contributed by atoms with van der Waals surface area (Å²) in [6, 6.07) is 32.9. The van der Waals surface area contributed by atoms with E-state index in [4.69, 9.17) is 53.3 Å². The fourth-order valence-electron chi connectivity index (χ4n) is 10.5. The average molecular weight is 1720 g/mol. The van der Waals surface area contributed by atoms with Crippen molar-refractivity contribution >= 4 is 172 Å². The van der Waals surface area contributed by atoms with Crippen molar-refractivity contribution in [1.29, 1.82) is 0 Å². The first-order valence-corrected chi connectivity index (χ1v) is 34.2. The maximum absolute atomic E-state index is 11.5. The number of carboxylic acids is 4. The van der Waals surface area contributed by atoms with Crippen LogP contribution in [0.3, 0.4) is 0 Å². The van der Waals surface area contributed by atoms with Crippen LogP contribution in [0.2, 0.25) is 0 Å². The Hall–Kier alpha value is -10.8. The molecule has 108 heavy (non-hydrogen) atoms. The minimum atomic E-state index is -1.36. The molecule has 35 heteroatoms. The first kappa shape index (κ1) is 86.2. The van der Waals surface area contributed by atoms with Gasteiger partial charge in [0.05, 0.1) is 74.9 Å². The number of rotatable bonds is 13. The number of halogens is 2. The molecule has 0 unspecified atom stereocenters. The molecule has 0 saturated carbocycles. The van der Waals surface area contributed by atoms with E-state index in [-0.39, 0.29) is 89.8 Å². The van der Waals surface area contributed by atoms with Crippen molar-refractivity contribution in [2.75, 3.05) is 60.0 Å². The number of aryl methyl sites for hydroxylation is 5. The number of nitrogens with one attached hydrogen (secondary N) is 3. The number of nitrogens with two attached hydrogens (primary N) is 5. The van der Waals surface area contributed by atoms with Crippen molar-refractivity contribution in [3.8, 4) is 22.3 Å². The normalized spacial score (nSPS) is 12.1. The second kappa shape index (κ2) is 36.7. The second-order valence-corrected chi connectivity index (χ2v) is 26.9.